The Bertz CT molecular complexity index is 1020. The number of ether oxygens (including phenoxy) is 3. The molecule has 2 aliphatic carbocycles. The van der Waals surface area contributed by atoms with Gasteiger partial charge in [-0.2, -0.15) is 0 Å². The molecule has 44 heavy (non-hydrogen) atoms. The third-order valence-electron chi connectivity index (χ3n) is 10.2. The fourth-order valence-corrected chi connectivity index (χ4v) is 7.49. The predicted octanol–water partition coefficient (Wildman–Crippen LogP) is -4.33. The van der Waals surface area contributed by atoms with Crippen molar-refractivity contribution in [3.05, 3.63) is 11.8 Å². The molecule has 0 bridgehead atoms. The first-order valence-electron chi connectivity index (χ1n) is 15.9. The highest BCUT2D eigenvalue weighted by molar-refractivity contribution is 5.86. The number of likely N-dealkylation sites (N-methyl/N-ethyl adjacent to an activating group) is 1. The SMILES string of the molecule is CN[C@@H]1[C@@H](O)[C@@H](O[C@@H]2[C@@H](O)[C@H](C3OC(CNC[C@H]4C[C@H](N)C4)=CC[C@H]3N)[C@@H](N)C[C@H]2NC(=O)C2(O)CCNC2)OC[C@]1(C)O. The van der Waals surface area contributed by atoms with Crippen LogP contribution in [0.5, 0.6) is 0 Å². The van der Waals surface area contributed by atoms with Crippen LogP contribution < -0.4 is 38.5 Å². The highest BCUT2D eigenvalue weighted by Gasteiger charge is 2.54. The highest BCUT2D eigenvalue weighted by atomic mass is 16.7. The summed E-state index contributed by atoms with van der Waals surface area (Å²) >= 11 is 0. The number of rotatable bonds is 10. The fourth-order valence-electron chi connectivity index (χ4n) is 7.49. The molecule has 3 heterocycles. The van der Waals surface area contributed by atoms with Gasteiger partial charge in [-0.1, -0.05) is 0 Å². The maximum atomic E-state index is 13.2. The Labute approximate surface area is 258 Å². The lowest BCUT2D eigenvalue weighted by molar-refractivity contribution is -0.297. The van der Waals surface area contributed by atoms with Gasteiger partial charge in [0.1, 0.15) is 29.7 Å². The van der Waals surface area contributed by atoms with E-state index in [-0.39, 0.29) is 32.0 Å². The van der Waals surface area contributed by atoms with Crippen molar-refractivity contribution in [2.24, 2.45) is 29.0 Å². The van der Waals surface area contributed by atoms with Crippen LogP contribution in [-0.2, 0) is 19.0 Å². The van der Waals surface area contributed by atoms with Crippen LogP contribution in [0.2, 0.25) is 0 Å². The van der Waals surface area contributed by atoms with Crippen LogP contribution in [0.3, 0.4) is 0 Å². The van der Waals surface area contributed by atoms with Gasteiger partial charge in [0.25, 0.3) is 5.91 Å². The second-order valence-electron chi connectivity index (χ2n) is 13.8. The molecule has 4 fully saturated rings. The van der Waals surface area contributed by atoms with E-state index in [9.17, 15) is 25.2 Å². The monoisotopic (exact) mass is 627 g/mol. The Morgan fingerprint density at radius 2 is 1.91 bits per heavy atom. The van der Waals surface area contributed by atoms with E-state index in [0.717, 1.165) is 19.4 Å². The van der Waals surface area contributed by atoms with Crippen LogP contribution in [0.15, 0.2) is 11.8 Å². The molecule has 3 aliphatic heterocycles. The largest absolute Gasteiger partial charge is 0.492 e. The molecule has 12 atom stereocenters. The first kappa shape index (κ1) is 33.9. The van der Waals surface area contributed by atoms with E-state index in [4.69, 9.17) is 31.4 Å². The summed E-state index contributed by atoms with van der Waals surface area (Å²) in [5.41, 5.74) is 16.1. The number of amides is 1. The summed E-state index contributed by atoms with van der Waals surface area (Å²) in [6.45, 7) is 3.33. The molecule has 5 aliphatic rings. The second-order valence-corrected chi connectivity index (χ2v) is 13.8. The minimum Gasteiger partial charge on any atom is -0.492 e. The van der Waals surface area contributed by atoms with Crippen molar-refractivity contribution < 1.29 is 39.4 Å². The molecule has 0 aromatic heterocycles. The molecule has 1 amide bonds. The summed E-state index contributed by atoms with van der Waals surface area (Å²) in [6.07, 6.45) is -0.673. The van der Waals surface area contributed by atoms with Crippen molar-refractivity contribution in [2.75, 3.05) is 39.8 Å². The zero-order valence-corrected chi connectivity index (χ0v) is 25.7. The smallest absolute Gasteiger partial charge is 0.253 e. The zero-order chi connectivity index (χ0) is 31.8. The maximum Gasteiger partial charge on any atom is 0.253 e. The average Bonchev–Trinajstić information content (AvgIpc) is 3.40. The van der Waals surface area contributed by atoms with E-state index in [1.165, 1.54) is 0 Å². The zero-order valence-electron chi connectivity index (χ0n) is 25.7. The molecule has 2 unspecified atom stereocenters. The summed E-state index contributed by atoms with van der Waals surface area (Å²) in [5, 5.41) is 56.8. The Balaban J connectivity index is 1.32. The van der Waals surface area contributed by atoms with Gasteiger partial charge in [0, 0.05) is 30.6 Å². The number of aliphatic hydroxyl groups excluding tert-OH is 2. The van der Waals surface area contributed by atoms with Gasteiger partial charge in [-0.3, -0.25) is 4.79 Å². The van der Waals surface area contributed by atoms with Crippen LogP contribution in [0, 0.1) is 11.8 Å². The van der Waals surface area contributed by atoms with Gasteiger partial charge in [0.15, 0.2) is 11.9 Å². The number of nitrogens with one attached hydrogen (secondary N) is 4. The van der Waals surface area contributed by atoms with Crippen LogP contribution >= 0.6 is 0 Å². The fraction of sp³-hybridized carbons (Fsp3) is 0.897. The van der Waals surface area contributed by atoms with E-state index < -0.39 is 77.9 Å². The van der Waals surface area contributed by atoms with Crippen molar-refractivity contribution >= 4 is 5.91 Å². The predicted molar refractivity (Wildman–Crippen MR) is 160 cm³/mol. The standard InChI is InChI=1S/C29H53N7O8/c1-28(40)13-42-26(22(38)25(28)33-2)44-24-19(36-27(39)29(41)5-6-34-12-29)9-18(32)20(21(24)37)23-17(31)4-3-16(43-23)11-35-10-14-7-15(30)8-14/h3,14-15,17-26,33-35,37-38,40-41H,4-13,30-32H2,1-2H3,(H,36,39)/t14-,15-,17-,18+,19-,20-,21+,22-,23?,24+,25-,26-,28+,29?/m1/s1. The molecule has 15 nitrogen and oxygen atoms in total. The lowest BCUT2D eigenvalue weighted by Crippen LogP contribution is -2.70. The van der Waals surface area contributed by atoms with E-state index in [1.807, 2.05) is 6.08 Å². The second kappa shape index (κ2) is 13.7. The molecule has 0 aromatic rings. The molecule has 15 heteroatoms. The van der Waals surface area contributed by atoms with E-state index in [2.05, 4.69) is 21.3 Å². The van der Waals surface area contributed by atoms with Gasteiger partial charge in [-0.15, -0.1) is 0 Å². The molecular formula is C29H53N7O8. The number of hydrogen-bond donors (Lipinski definition) is 11. The number of hydrogen-bond acceptors (Lipinski definition) is 14. The molecule has 5 rings (SSSR count). The summed E-state index contributed by atoms with van der Waals surface area (Å²) < 4.78 is 18.4. The van der Waals surface area contributed by atoms with E-state index >= 15 is 0 Å². The molecule has 252 valence electrons. The minimum atomic E-state index is -1.61. The van der Waals surface area contributed by atoms with Gasteiger partial charge in [-0.05, 0) is 71.2 Å². The summed E-state index contributed by atoms with van der Waals surface area (Å²) in [7, 11) is 1.61. The summed E-state index contributed by atoms with van der Waals surface area (Å²) in [6, 6.07) is -2.43. The number of nitrogens with two attached hydrogens (primary N) is 3. The van der Waals surface area contributed by atoms with Crippen LogP contribution in [0.25, 0.3) is 0 Å². The first-order valence-corrected chi connectivity index (χ1v) is 15.9. The van der Waals surface area contributed by atoms with Gasteiger partial charge in [0.2, 0.25) is 0 Å². The molecular weight excluding hydrogens is 574 g/mol. The van der Waals surface area contributed by atoms with Gasteiger partial charge in [-0.25, -0.2) is 0 Å². The first-order chi connectivity index (χ1) is 20.8. The van der Waals surface area contributed by atoms with Crippen molar-refractivity contribution in [3.63, 3.8) is 0 Å². The van der Waals surface area contributed by atoms with E-state index in [1.54, 1.807) is 14.0 Å². The third-order valence-corrected chi connectivity index (χ3v) is 10.2. The van der Waals surface area contributed by atoms with Gasteiger partial charge in [0.05, 0.1) is 31.3 Å². The molecule has 2 saturated carbocycles. The lowest BCUT2D eigenvalue weighted by atomic mass is 9.72. The van der Waals surface area contributed by atoms with Crippen molar-refractivity contribution in [1.82, 2.24) is 21.3 Å². The quantitative estimate of drug-likeness (QED) is 0.110. The number of β-amino-alcohol motifs (C(OH)–C–C–N with tert-alkyl or cyclic N) is 1. The molecule has 0 spiro atoms. The molecule has 2 saturated heterocycles. The molecule has 14 N–H and O–H groups in total. The topological polar surface area (TPSA) is 252 Å². The Morgan fingerprint density at radius 1 is 1.16 bits per heavy atom. The van der Waals surface area contributed by atoms with E-state index in [0.29, 0.717) is 31.2 Å². The molecule has 0 aromatic carbocycles. The minimum absolute atomic E-state index is 0.0964. The van der Waals surface area contributed by atoms with Crippen molar-refractivity contribution in [2.45, 2.75) is 111 Å². The van der Waals surface area contributed by atoms with Crippen LogP contribution in [0.4, 0.5) is 0 Å². The Hall–Kier alpha value is -1.47. The maximum absolute atomic E-state index is 13.2. The normalized spacial score (nSPS) is 47.8. The number of carbonyl (C=O) groups is 1. The Morgan fingerprint density at radius 3 is 2.57 bits per heavy atom. The third kappa shape index (κ3) is 7.09. The van der Waals surface area contributed by atoms with Crippen molar-refractivity contribution in [3.8, 4) is 0 Å². The number of aliphatic hydroxyl groups is 4. The number of carbonyl (C=O) groups excluding carboxylic acids is 1. The van der Waals surface area contributed by atoms with Gasteiger partial charge < -0.3 is 73.1 Å². The molecule has 0 radical (unpaired) electrons. The summed E-state index contributed by atoms with van der Waals surface area (Å²) in [4.78, 5) is 13.2. The highest BCUT2D eigenvalue weighted by Crippen LogP contribution is 2.37. The van der Waals surface area contributed by atoms with Crippen molar-refractivity contribution in [1.29, 1.82) is 0 Å². The lowest BCUT2D eigenvalue weighted by Gasteiger charge is -2.50. The average molecular weight is 628 g/mol. The van der Waals surface area contributed by atoms with Crippen LogP contribution in [-0.4, -0.2) is 138 Å². The van der Waals surface area contributed by atoms with Crippen LogP contribution in [0.1, 0.15) is 39.0 Å². The van der Waals surface area contributed by atoms with Gasteiger partial charge >= 0.3 is 0 Å². The summed E-state index contributed by atoms with van der Waals surface area (Å²) in [5.74, 6) is -0.0210. The Kier molecular flexibility index (Phi) is 10.6.